The van der Waals surface area contributed by atoms with Crippen LogP contribution in [-0.2, 0) is 15.7 Å². The second kappa shape index (κ2) is 10.1. The zero-order valence-corrected chi connectivity index (χ0v) is 15.0. The third-order valence-electron chi connectivity index (χ3n) is 3.99. The number of thiol groups is 1. The SMILES string of the molecule is C1CCC1.O=C(OPO)[C@@H]1CCCN1c1ccnc(CCS)n1. The Morgan fingerprint density at radius 3 is 2.74 bits per heavy atom. The van der Waals surface area contributed by atoms with Crippen molar-refractivity contribution in [2.24, 2.45) is 0 Å². The minimum Gasteiger partial charge on any atom is -0.418 e. The summed E-state index contributed by atoms with van der Waals surface area (Å²) < 4.78 is 4.70. The molecule has 2 fully saturated rings. The molecule has 0 amide bonds. The van der Waals surface area contributed by atoms with Crippen LogP contribution in [0.3, 0.4) is 0 Å². The van der Waals surface area contributed by atoms with Gasteiger partial charge in [0, 0.05) is 19.2 Å². The molecule has 0 bridgehead atoms. The molecule has 1 saturated carbocycles. The van der Waals surface area contributed by atoms with Crippen molar-refractivity contribution in [3.63, 3.8) is 0 Å². The molecule has 0 radical (unpaired) electrons. The van der Waals surface area contributed by atoms with Gasteiger partial charge < -0.3 is 14.3 Å². The fourth-order valence-corrected chi connectivity index (χ4v) is 2.84. The fraction of sp³-hybridized carbons (Fsp3) is 0.667. The first-order valence-corrected chi connectivity index (χ1v) is 9.54. The van der Waals surface area contributed by atoms with Gasteiger partial charge in [0.2, 0.25) is 9.03 Å². The Labute approximate surface area is 144 Å². The van der Waals surface area contributed by atoms with Crippen molar-refractivity contribution in [3.05, 3.63) is 18.1 Å². The highest BCUT2D eigenvalue weighted by Gasteiger charge is 2.33. The predicted molar refractivity (Wildman–Crippen MR) is 95.1 cm³/mol. The Hall–Kier alpha value is -0.910. The van der Waals surface area contributed by atoms with Crippen molar-refractivity contribution < 1.29 is 14.2 Å². The normalized spacial score (nSPS) is 20.1. The Morgan fingerprint density at radius 2 is 2.13 bits per heavy atom. The predicted octanol–water partition coefficient (Wildman–Crippen LogP) is 2.52. The van der Waals surface area contributed by atoms with E-state index in [2.05, 4.69) is 22.6 Å². The minimum atomic E-state index is -0.809. The number of carbonyl (C=O) groups is 1. The number of rotatable bonds is 5. The number of hydrogen-bond donors (Lipinski definition) is 2. The van der Waals surface area contributed by atoms with Gasteiger partial charge in [-0.25, -0.2) is 14.8 Å². The lowest BCUT2D eigenvalue weighted by molar-refractivity contribution is -0.135. The average Bonchev–Trinajstić information content (AvgIpc) is 2.96. The van der Waals surface area contributed by atoms with Gasteiger partial charge in [0.1, 0.15) is 17.7 Å². The van der Waals surface area contributed by atoms with Crippen LogP contribution in [0.2, 0.25) is 0 Å². The summed E-state index contributed by atoms with van der Waals surface area (Å²) in [6.45, 7) is 0.756. The second-order valence-corrected chi connectivity index (χ2v) is 6.42. The molecule has 1 aromatic heterocycles. The maximum absolute atomic E-state index is 11.8. The van der Waals surface area contributed by atoms with E-state index in [9.17, 15) is 4.79 Å². The van der Waals surface area contributed by atoms with Gasteiger partial charge in [-0.2, -0.15) is 12.6 Å². The van der Waals surface area contributed by atoms with E-state index in [4.69, 9.17) is 9.42 Å². The first-order chi connectivity index (χ1) is 11.3. The van der Waals surface area contributed by atoms with Crippen LogP contribution in [0.1, 0.15) is 44.3 Å². The summed E-state index contributed by atoms with van der Waals surface area (Å²) in [5.41, 5.74) is 0. The number of hydrogen-bond acceptors (Lipinski definition) is 7. The Balaban J connectivity index is 0.000000417. The van der Waals surface area contributed by atoms with Crippen molar-refractivity contribution in [2.45, 2.75) is 51.0 Å². The minimum absolute atomic E-state index is 0.363. The van der Waals surface area contributed by atoms with Crippen molar-refractivity contribution in [1.82, 2.24) is 9.97 Å². The third kappa shape index (κ3) is 5.59. The Kier molecular flexibility index (Phi) is 8.06. The highest BCUT2D eigenvalue weighted by atomic mass is 32.1. The van der Waals surface area contributed by atoms with Crippen LogP contribution in [0.5, 0.6) is 0 Å². The molecule has 8 heteroatoms. The standard InChI is InChI=1S/C11H16N3O3PS.C4H8/c15-11(17-18-16)8-2-1-6-14(8)10-3-5-12-9(13-10)4-7-19;1-2-4-3-1/h3,5,8,16,18-19H,1-2,4,6-7H2;1-4H2/t8-;/m0./s1. The van der Waals surface area contributed by atoms with Gasteiger partial charge in [-0.15, -0.1) is 0 Å². The lowest BCUT2D eigenvalue weighted by Gasteiger charge is -2.23. The molecule has 1 aliphatic heterocycles. The third-order valence-corrected chi connectivity index (χ3v) is 4.51. The van der Waals surface area contributed by atoms with Crippen LogP contribution in [0.4, 0.5) is 5.82 Å². The number of aryl methyl sites for hydroxylation is 1. The van der Waals surface area contributed by atoms with E-state index in [0.717, 1.165) is 31.0 Å². The van der Waals surface area contributed by atoms with E-state index in [-0.39, 0.29) is 6.04 Å². The lowest BCUT2D eigenvalue weighted by atomic mass is 10.0. The van der Waals surface area contributed by atoms with E-state index >= 15 is 0 Å². The monoisotopic (exact) mass is 357 g/mol. The largest absolute Gasteiger partial charge is 0.418 e. The van der Waals surface area contributed by atoms with Crippen LogP contribution in [0.15, 0.2) is 12.3 Å². The highest BCUT2D eigenvalue weighted by Crippen LogP contribution is 2.26. The van der Waals surface area contributed by atoms with Crippen LogP contribution in [-0.4, -0.2) is 39.2 Å². The molecule has 128 valence electrons. The molecule has 23 heavy (non-hydrogen) atoms. The van der Waals surface area contributed by atoms with Gasteiger partial charge >= 0.3 is 5.97 Å². The summed E-state index contributed by atoms with van der Waals surface area (Å²) in [7, 11) is -0.809. The fourth-order valence-electron chi connectivity index (χ4n) is 2.42. The van der Waals surface area contributed by atoms with E-state index in [1.165, 1.54) is 25.7 Å². The summed E-state index contributed by atoms with van der Waals surface area (Å²) in [5.74, 6) is 1.73. The van der Waals surface area contributed by atoms with Crippen molar-refractivity contribution in [3.8, 4) is 0 Å². The van der Waals surface area contributed by atoms with Gasteiger partial charge in [-0.3, -0.25) is 0 Å². The molecule has 3 rings (SSSR count). The van der Waals surface area contributed by atoms with Crippen LogP contribution < -0.4 is 4.90 Å². The van der Waals surface area contributed by atoms with E-state index < -0.39 is 15.0 Å². The van der Waals surface area contributed by atoms with Crippen molar-refractivity contribution in [2.75, 3.05) is 17.2 Å². The molecule has 2 atom stereocenters. The van der Waals surface area contributed by atoms with Crippen molar-refractivity contribution >= 4 is 33.5 Å². The zero-order valence-electron chi connectivity index (χ0n) is 13.1. The second-order valence-electron chi connectivity index (χ2n) is 5.58. The molecule has 2 aliphatic rings. The van der Waals surface area contributed by atoms with Crippen LogP contribution in [0, 0.1) is 0 Å². The molecule has 1 N–H and O–H groups in total. The van der Waals surface area contributed by atoms with Gasteiger partial charge in [0.05, 0.1) is 0 Å². The lowest BCUT2D eigenvalue weighted by Crippen LogP contribution is -2.37. The quantitative estimate of drug-likeness (QED) is 0.623. The Morgan fingerprint density at radius 1 is 1.39 bits per heavy atom. The van der Waals surface area contributed by atoms with Crippen LogP contribution >= 0.6 is 21.7 Å². The number of aromatic nitrogens is 2. The smallest absolute Gasteiger partial charge is 0.333 e. The molecule has 2 heterocycles. The number of anilines is 1. The molecule has 0 spiro atoms. The summed E-state index contributed by atoms with van der Waals surface area (Å²) >= 11 is 4.16. The summed E-state index contributed by atoms with van der Waals surface area (Å²) in [6.07, 6.45) is 10.0. The first-order valence-electron chi connectivity index (χ1n) is 8.05. The van der Waals surface area contributed by atoms with Gasteiger partial charge in [-0.05, 0) is 24.7 Å². The average molecular weight is 357 g/mol. The summed E-state index contributed by atoms with van der Waals surface area (Å²) in [4.78, 5) is 31.0. The van der Waals surface area contributed by atoms with Crippen molar-refractivity contribution in [1.29, 1.82) is 0 Å². The molecular formula is C15H24N3O3PS. The zero-order chi connectivity index (χ0) is 16.5. The summed E-state index contributed by atoms with van der Waals surface area (Å²) in [6, 6.07) is 1.42. The maximum atomic E-state index is 11.8. The maximum Gasteiger partial charge on any atom is 0.333 e. The molecule has 6 nitrogen and oxygen atoms in total. The highest BCUT2D eigenvalue weighted by molar-refractivity contribution is 7.80. The van der Waals surface area contributed by atoms with E-state index in [1.807, 2.05) is 4.90 Å². The molecule has 1 unspecified atom stereocenters. The number of carbonyl (C=O) groups excluding carboxylic acids is 1. The first kappa shape index (κ1) is 18.4. The van der Waals surface area contributed by atoms with E-state index in [0.29, 0.717) is 12.2 Å². The van der Waals surface area contributed by atoms with E-state index in [1.54, 1.807) is 12.3 Å². The van der Waals surface area contributed by atoms with Crippen LogP contribution in [0.25, 0.3) is 0 Å². The molecular weight excluding hydrogens is 333 g/mol. The van der Waals surface area contributed by atoms with Gasteiger partial charge in [0.25, 0.3) is 0 Å². The number of nitrogens with zero attached hydrogens (tertiary/aromatic N) is 3. The molecule has 1 aliphatic carbocycles. The molecule has 1 saturated heterocycles. The van der Waals surface area contributed by atoms with Gasteiger partial charge in [-0.1, -0.05) is 25.7 Å². The molecule has 1 aromatic rings. The summed E-state index contributed by atoms with van der Waals surface area (Å²) in [5, 5.41) is 0. The molecule has 0 aromatic carbocycles. The van der Waals surface area contributed by atoms with Gasteiger partial charge in [0.15, 0.2) is 0 Å². The Bertz CT molecular complexity index is 499. The topological polar surface area (TPSA) is 75.6 Å².